The lowest BCUT2D eigenvalue weighted by Crippen LogP contribution is -2.29. The molecule has 0 saturated carbocycles. The average molecular weight is 235 g/mol. The van der Waals surface area contributed by atoms with Gasteiger partial charge in [-0.05, 0) is 17.5 Å². The van der Waals surface area contributed by atoms with E-state index >= 15 is 0 Å². The first-order valence-corrected chi connectivity index (χ1v) is 5.80. The fraction of sp³-hybridized carbons (Fsp3) is 0.462. The Hall–Kier alpha value is -1.39. The summed E-state index contributed by atoms with van der Waals surface area (Å²) in [6.07, 6.45) is 1.00. The first kappa shape index (κ1) is 12.1. The van der Waals surface area contributed by atoms with Crippen molar-refractivity contribution < 1.29 is 14.6 Å². The lowest BCUT2D eigenvalue weighted by Gasteiger charge is -2.26. The maximum absolute atomic E-state index is 11.0. The Morgan fingerprint density at radius 2 is 2.06 bits per heavy atom. The van der Waals surface area contributed by atoms with Gasteiger partial charge in [0.05, 0.1) is 19.1 Å². The minimum absolute atomic E-state index is 0.130. The minimum Gasteiger partial charge on any atom is -0.481 e. The van der Waals surface area contributed by atoms with Crippen molar-refractivity contribution in [2.75, 3.05) is 19.8 Å². The van der Waals surface area contributed by atoms with Crippen molar-refractivity contribution >= 4 is 5.97 Å². The zero-order valence-corrected chi connectivity index (χ0v) is 9.63. The van der Waals surface area contributed by atoms with Crippen LogP contribution in [0.25, 0.3) is 0 Å². The van der Waals surface area contributed by atoms with Gasteiger partial charge in [-0.3, -0.25) is 4.79 Å². The molecule has 0 aliphatic carbocycles. The predicted octanol–water partition coefficient (Wildman–Crippen LogP) is 1.00. The molecule has 1 aliphatic rings. The Morgan fingerprint density at radius 1 is 1.41 bits per heavy atom. The third-order valence-electron chi connectivity index (χ3n) is 3.15. The van der Waals surface area contributed by atoms with Crippen molar-refractivity contribution in [1.82, 2.24) is 0 Å². The zero-order chi connectivity index (χ0) is 12.3. The Kier molecular flexibility index (Phi) is 3.76. The Labute approximate surface area is 100 Å². The van der Waals surface area contributed by atoms with Crippen LogP contribution < -0.4 is 5.73 Å². The van der Waals surface area contributed by atoms with Crippen LogP contribution in [0.5, 0.6) is 0 Å². The molecule has 1 fully saturated rings. The molecule has 0 radical (unpaired) electrons. The summed E-state index contributed by atoms with van der Waals surface area (Å²) in [7, 11) is 0. The van der Waals surface area contributed by atoms with Gasteiger partial charge in [-0.15, -0.1) is 0 Å². The lowest BCUT2D eigenvalue weighted by atomic mass is 9.94. The van der Waals surface area contributed by atoms with E-state index in [1.165, 1.54) is 5.56 Å². The van der Waals surface area contributed by atoms with Crippen LogP contribution in [-0.2, 0) is 16.0 Å². The summed E-state index contributed by atoms with van der Waals surface area (Å²) in [5, 5.41) is 8.99. The predicted molar refractivity (Wildman–Crippen MR) is 63.9 cm³/mol. The van der Waals surface area contributed by atoms with Crippen molar-refractivity contribution in [3.8, 4) is 0 Å². The van der Waals surface area contributed by atoms with E-state index in [1.54, 1.807) is 0 Å². The normalized spacial score (nSPS) is 17.5. The van der Waals surface area contributed by atoms with E-state index in [-0.39, 0.29) is 6.54 Å². The summed E-state index contributed by atoms with van der Waals surface area (Å²) >= 11 is 0. The number of carboxylic acids is 1. The number of aliphatic carboxylic acids is 1. The molecule has 0 spiro atoms. The first-order chi connectivity index (χ1) is 8.20. The highest BCUT2D eigenvalue weighted by molar-refractivity contribution is 5.76. The molecule has 4 heteroatoms. The third-order valence-corrected chi connectivity index (χ3v) is 3.15. The second kappa shape index (κ2) is 5.29. The van der Waals surface area contributed by atoms with Crippen molar-refractivity contribution in [3.63, 3.8) is 0 Å². The zero-order valence-electron chi connectivity index (χ0n) is 9.63. The number of carboxylic acid groups (broad SMARTS) is 1. The molecule has 1 aromatic rings. The Balaban J connectivity index is 2.03. The van der Waals surface area contributed by atoms with Crippen molar-refractivity contribution in [2.24, 2.45) is 11.7 Å². The van der Waals surface area contributed by atoms with Gasteiger partial charge >= 0.3 is 5.97 Å². The van der Waals surface area contributed by atoms with Gasteiger partial charge in [-0.1, -0.05) is 24.3 Å². The third kappa shape index (κ3) is 2.84. The summed E-state index contributed by atoms with van der Waals surface area (Å²) in [5.41, 5.74) is 7.45. The van der Waals surface area contributed by atoms with Crippen LogP contribution in [0.4, 0.5) is 0 Å². The summed E-state index contributed by atoms with van der Waals surface area (Å²) in [5.74, 6) is -0.852. The number of hydrogen-bond acceptors (Lipinski definition) is 3. The molecule has 0 bridgehead atoms. The van der Waals surface area contributed by atoms with Gasteiger partial charge in [0, 0.05) is 12.5 Å². The molecule has 92 valence electrons. The molecular weight excluding hydrogens is 218 g/mol. The van der Waals surface area contributed by atoms with E-state index in [0.29, 0.717) is 5.92 Å². The Morgan fingerprint density at radius 3 is 2.47 bits per heavy atom. The number of rotatable bonds is 5. The average Bonchev–Trinajstić information content (AvgIpc) is 2.26. The molecule has 3 N–H and O–H groups in total. The largest absolute Gasteiger partial charge is 0.481 e. The van der Waals surface area contributed by atoms with Crippen LogP contribution in [0.2, 0.25) is 0 Å². The molecule has 1 atom stereocenters. The molecule has 1 saturated heterocycles. The summed E-state index contributed by atoms with van der Waals surface area (Å²) < 4.78 is 5.12. The van der Waals surface area contributed by atoms with Crippen LogP contribution in [0.3, 0.4) is 0 Å². The van der Waals surface area contributed by atoms with Crippen LogP contribution in [0.1, 0.15) is 17.0 Å². The van der Waals surface area contributed by atoms with E-state index in [2.05, 4.69) is 0 Å². The van der Waals surface area contributed by atoms with Gasteiger partial charge in [0.1, 0.15) is 0 Å². The summed E-state index contributed by atoms with van der Waals surface area (Å²) in [6, 6.07) is 7.69. The topological polar surface area (TPSA) is 72.6 Å². The minimum atomic E-state index is -0.868. The van der Waals surface area contributed by atoms with Gasteiger partial charge in [-0.2, -0.15) is 0 Å². The second-order valence-corrected chi connectivity index (χ2v) is 4.48. The van der Waals surface area contributed by atoms with Crippen molar-refractivity contribution in [1.29, 1.82) is 0 Å². The van der Waals surface area contributed by atoms with Crippen LogP contribution in [0, 0.1) is 5.92 Å². The molecule has 2 rings (SSSR count). The van der Waals surface area contributed by atoms with E-state index in [4.69, 9.17) is 15.6 Å². The molecule has 4 nitrogen and oxygen atoms in total. The van der Waals surface area contributed by atoms with E-state index < -0.39 is 11.9 Å². The molecule has 1 aliphatic heterocycles. The highest BCUT2D eigenvalue weighted by atomic mass is 16.5. The standard InChI is InChI=1S/C13H17NO3/c14-6-12(13(15)16)11-3-1-9(2-4-11)5-10-7-17-8-10/h1-4,10,12H,5-8,14H2,(H,15,16). The van der Waals surface area contributed by atoms with Gasteiger partial charge in [0.2, 0.25) is 0 Å². The first-order valence-electron chi connectivity index (χ1n) is 5.80. The fourth-order valence-corrected chi connectivity index (χ4v) is 2.00. The number of hydrogen-bond donors (Lipinski definition) is 2. The maximum Gasteiger partial charge on any atom is 0.312 e. The monoisotopic (exact) mass is 235 g/mol. The number of nitrogens with two attached hydrogens (primary N) is 1. The van der Waals surface area contributed by atoms with Crippen LogP contribution in [-0.4, -0.2) is 30.8 Å². The molecule has 1 heterocycles. The molecule has 1 unspecified atom stereocenters. The summed E-state index contributed by atoms with van der Waals surface area (Å²) in [4.78, 5) is 11.0. The van der Waals surface area contributed by atoms with E-state index in [9.17, 15) is 4.79 Å². The van der Waals surface area contributed by atoms with Gasteiger partial charge in [0.25, 0.3) is 0 Å². The molecular formula is C13H17NO3. The number of ether oxygens (including phenoxy) is 1. The van der Waals surface area contributed by atoms with Crippen LogP contribution in [0.15, 0.2) is 24.3 Å². The van der Waals surface area contributed by atoms with Gasteiger partial charge in [-0.25, -0.2) is 0 Å². The maximum atomic E-state index is 11.0. The Bertz CT molecular complexity index is 384. The molecule has 0 aromatic heterocycles. The van der Waals surface area contributed by atoms with Crippen molar-refractivity contribution in [2.45, 2.75) is 12.3 Å². The SMILES string of the molecule is NCC(C(=O)O)c1ccc(CC2COC2)cc1. The van der Waals surface area contributed by atoms with E-state index in [1.807, 2.05) is 24.3 Å². The van der Waals surface area contributed by atoms with Crippen molar-refractivity contribution in [3.05, 3.63) is 35.4 Å². The quantitative estimate of drug-likeness (QED) is 0.798. The fourth-order valence-electron chi connectivity index (χ4n) is 2.00. The molecule has 17 heavy (non-hydrogen) atoms. The smallest absolute Gasteiger partial charge is 0.312 e. The lowest BCUT2D eigenvalue weighted by molar-refractivity contribution is -0.138. The second-order valence-electron chi connectivity index (χ2n) is 4.48. The molecule has 0 amide bonds. The highest BCUT2D eigenvalue weighted by Gasteiger charge is 2.20. The van der Waals surface area contributed by atoms with Gasteiger partial charge < -0.3 is 15.6 Å². The van der Waals surface area contributed by atoms with Gasteiger partial charge in [0.15, 0.2) is 0 Å². The van der Waals surface area contributed by atoms with Crippen LogP contribution >= 0.6 is 0 Å². The molecule has 1 aromatic carbocycles. The summed E-state index contributed by atoms with van der Waals surface area (Å²) in [6.45, 7) is 1.80. The number of benzene rings is 1. The van der Waals surface area contributed by atoms with E-state index in [0.717, 1.165) is 25.2 Å². The number of carbonyl (C=O) groups is 1. The highest BCUT2D eigenvalue weighted by Crippen LogP contribution is 2.20.